The number of piperazine rings is 1. The highest BCUT2D eigenvalue weighted by Crippen LogP contribution is 2.25. The fourth-order valence-electron chi connectivity index (χ4n) is 3.36. The van der Waals surface area contributed by atoms with Crippen LogP contribution in [0.3, 0.4) is 0 Å². The van der Waals surface area contributed by atoms with Crippen LogP contribution in [-0.4, -0.2) is 42.9 Å². The predicted molar refractivity (Wildman–Crippen MR) is 114 cm³/mol. The van der Waals surface area contributed by atoms with E-state index in [9.17, 15) is 9.59 Å². The van der Waals surface area contributed by atoms with Crippen LogP contribution in [0.1, 0.15) is 43.6 Å². The van der Waals surface area contributed by atoms with E-state index in [1.54, 1.807) is 24.3 Å². The quantitative estimate of drug-likeness (QED) is 0.797. The van der Waals surface area contributed by atoms with E-state index in [0.29, 0.717) is 24.3 Å². The summed E-state index contributed by atoms with van der Waals surface area (Å²) in [5.74, 6) is -0.0119. The van der Waals surface area contributed by atoms with Gasteiger partial charge in [0, 0.05) is 43.1 Å². The highest BCUT2D eigenvalue weighted by Gasteiger charge is 2.22. The molecule has 0 radical (unpaired) electrons. The molecule has 1 aliphatic rings. The number of Topliss-reactive ketones (excluding diaryl/α,β-unsaturated/α-hetero) is 1. The Morgan fingerprint density at radius 2 is 1.57 bits per heavy atom. The molecule has 5 heteroatoms. The van der Waals surface area contributed by atoms with Crippen LogP contribution in [0.4, 0.5) is 16.2 Å². The minimum absolute atomic E-state index is 0.0119. The average Bonchev–Trinajstić information content (AvgIpc) is 2.68. The van der Waals surface area contributed by atoms with E-state index in [0.717, 1.165) is 13.1 Å². The molecule has 2 amide bonds. The van der Waals surface area contributed by atoms with Crippen molar-refractivity contribution < 1.29 is 9.59 Å². The summed E-state index contributed by atoms with van der Waals surface area (Å²) >= 11 is 0. The number of hydrogen-bond acceptors (Lipinski definition) is 3. The number of hydrogen-bond donors (Lipinski definition) is 1. The predicted octanol–water partition coefficient (Wildman–Crippen LogP) is 4.54. The Morgan fingerprint density at radius 3 is 2.14 bits per heavy atom. The third-order valence-corrected chi connectivity index (χ3v) is 5.19. The zero-order valence-corrected chi connectivity index (χ0v) is 17.2. The number of nitrogens with one attached hydrogen (secondary N) is 1. The van der Waals surface area contributed by atoms with Crippen LogP contribution in [0.2, 0.25) is 0 Å². The summed E-state index contributed by atoms with van der Waals surface area (Å²) in [6.45, 7) is 11.1. The van der Waals surface area contributed by atoms with Crippen LogP contribution in [-0.2, 0) is 5.41 Å². The summed E-state index contributed by atoms with van der Waals surface area (Å²) in [6.07, 6.45) is 0. The molecular weight excluding hydrogens is 350 g/mol. The molecule has 28 heavy (non-hydrogen) atoms. The molecule has 0 bridgehead atoms. The fraction of sp³-hybridized carbons (Fsp3) is 0.391. The molecule has 0 atom stereocenters. The number of benzene rings is 2. The zero-order chi connectivity index (χ0) is 20.3. The molecule has 1 fully saturated rings. The minimum Gasteiger partial charge on any atom is -0.368 e. The lowest BCUT2D eigenvalue weighted by Crippen LogP contribution is -2.50. The summed E-state index contributed by atoms with van der Waals surface area (Å²) < 4.78 is 0. The van der Waals surface area contributed by atoms with Gasteiger partial charge in [-0.25, -0.2) is 4.79 Å². The van der Waals surface area contributed by atoms with Gasteiger partial charge in [-0.1, -0.05) is 45.0 Å². The summed E-state index contributed by atoms with van der Waals surface area (Å²) in [6, 6.07) is 15.7. The number of carbonyl (C=O) groups excluding carboxylic acids is 2. The number of carbonyl (C=O) groups is 2. The molecule has 0 aliphatic carbocycles. The van der Waals surface area contributed by atoms with Gasteiger partial charge in [-0.2, -0.15) is 0 Å². The molecule has 2 aromatic rings. The Balaban J connectivity index is 1.57. The fourth-order valence-corrected chi connectivity index (χ4v) is 3.36. The third kappa shape index (κ3) is 4.71. The first-order valence-corrected chi connectivity index (χ1v) is 9.76. The smallest absolute Gasteiger partial charge is 0.321 e. The van der Waals surface area contributed by atoms with Crippen molar-refractivity contribution in [2.75, 3.05) is 36.4 Å². The maximum absolute atomic E-state index is 12.6. The molecule has 3 rings (SSSR count). The lowest BCUT2D eigenvalue weighted by Gasteiger charge is -2.36. The molecule has 0 saturated carbocycles. The van der Waals surface area contributed by atoms with Gasteiger partial charge in [0.15, 0.2) is 5.78 Å². The van der Waals surface area contributed by atoms with Crippen molar-refractivity contribution in [2.24, 2.45) is 0 Å². The molecule has 148 valence electrons. The van der Waals surface area contributed by atoms with E-state index in [1.165, 1.54) is 18.2 Å². The van der Waals surface area contributed by atoms with Crippen molar-refractivity contribution in [1.82, 2.24) is 4.90 Å². The second-order valence-corrected chi connectivity index (χ2v) is 8.34. The van der Waals surface area contributed by atoms with Gasteiger partial charge in [0.05, 0.1) is 0 Å². The monoisotopic (exact) mass is 379 g/mol. The lowest BCUT2D eigenvalue weighted by atomic mass is 9.87. The molecule has 1 heterocycles. The van der Waals surface area contributed by atoms with E-state index in [4.69, 9.17) is 0 Å². The molecular formula is C23H29N3O2. The van der Waals surface area contributed by atoms with Crippen molar-refractivity contribution in [3.63, 3.8) is 0 Å². The highest BCUT2D eigenvalue weighted by molar-refractivity contribution is 5.96. The van der Waals surface area contributed by atoms with Gasteiger partial charge in [-0.05, 0) is 42.2 Å². The summed E-state index contributed by atoms with van der Waals surface area (Å²) in [7, 11) is 0. The summed E-state index contributed by atoms with van der Waals surface area (Å²) in [5, 5.41) is 2.90. The van der Waals surface area contributed by atoms with E-state index in [1.807, 2.05) is 4.90 Å². The van der Waals surface area contributed by atoms with Gasteiger partial charge in [0.2, 0.25) is 0 Å². The van der Waals surface area contributed by atoms with Crippen molar-refractivity contribution >= 4 is 23.2 Å². The maximum Gasteiger partial charge on any atom is 0.321 e. The number of amides is 2. The summed E-state index contributed by atoms with van der Waals surface area (Å²) in [4.78, 5) is 28.2. The Bertz CT molecular complexity index is 845. The number of anilines is 2. The largest absolute Gasteiger partial charge is 0.368 e. The molecule has 1 saturated heterocycles. The Morgan fingerprint density at radius 1 is 0.929 bits per heavy atom. The standard InChI is InChI=1S/C23H29N3O2/c1-17(27)18-6-5-7-20(16-18)24-22(28)26-14-12-25(13-15-26)21-10-8-19(9-11-21)23(2,3)4/h5-11,16H,12-15H2,1-4H3,(H,24,28). The van der Waals surface area contributed by atoms with E-state index in [2.05, 4.69) is 55.3 Å². The molecule has 0 aromatic heterocycles. The molecule has 1 aliphatic heterocycles. The van der Waals surface area contributed by atoms with E-state index < -0.39 is 0 Å². The van der Waals surface area contributed by atoms with Crippen molar-refractivity contribution in [3.8, 4) is 0 Å². The number of ketones is 1. The van der Waals surface area contributed by atoms with Crippen LogP contribution < -0.4 is 10.2 Å². The second kappa shape index (κ2) is 8.05. The molecule has 2 aromatic carbocycles. The normalized spacial score (nSPS) is 14.7. The molecule has 0 unspecified atom stereocenters. The summed E-state index contributed by atoms with van der Waals surface area (Å²) in [5.41, 5.74) is 3.91. The highest BCUT2D eigenvalue weighted by atomic mass is 16.2. The third-order valence-electron chi connectivity index (χ3n) is 5.19. The minimum atomic E-state index is -0.122. The molecule has 1 N–H and O–H groups in total. The van der Waals surface area contributed by atoms with E-state index >= 15 is 0 Å². The number of urea groups is 1. The molecule has 0 spiro atoms. The molecule has 5 nitrogen and oxygen atoms in total. The SMILES string of the molecule is CC(=O)c1cccc(NC(=O)N2CCN(c3ccc(C(C)(C)C)cc3)CC2)c1. The maximum atomic E-state index is 12.6. The van der Waals surface area contributed by atoms with Gasteiger partial charge in [0.25, 0.3) is 0 Å². The van der Waals surface area contributed by atoms with Crippen molar-refractivity contribution in [1.29, 1.82) is 0 Å². The van der Waals surface area contributed by atoms with Crippen LogP contribution >= 0.6 is 0 Å². The average molecular weight is 380 g/mol. The van der Waals surface area contributed by atoms with E-state index in [-0.39, 0.29) is 17.2 Å². The number of nitrogens with zero attached hydrogens (tertiary/aromatic N) is 2. The topological polar surface area (TPSA) is 52.7 Å². The Hall–Kier alpha value is -2.82. The van der Waals surface area contributed by atoms with Gasteiger partial charge in [0.1, 0.15) is 0 Å². The second-order valence-electron chi connectivity index (χ2n) is 8.34. The van der Waals surface area contributed by atoms with Gasteiger partial charge >= 0.3 is 6.03 Å². The Labute approximate surface area is 167 Å². The first-order valence-electron chi connectivity index (χ1n) is 9.76. The zero-order valence-electron chi connectivity index (χ0n) is 17.2. The van der Waals surface area contributed by atoms with Crippen LogP contribution in [0.15, 0.2) is 48.5 Å². The van der Waals surface area contributed by atoms with Crippen molar-refractivity contribution in [2.45, 2.75) is 33.1 Å². The lowest BCUT2D eigenvalue weighted by molar-refractivity contribution is 0.101. The van der Waals surface area contributed by atoms with Crippen LogP contribution in [0, 0.1) is 0 Å². The Kier molecular flexibility index (Phi) is 5.73. The van der Waals surface area contributed by atoms with Crippen LogP contribution in [0.5, 0.6) is 0 Å². The first-order chi connectivity index (χ1) is 13.2. The van der Waals surface area contributed by atoms with Crippen LogP contribution in [0.25, 0.3) is 0 Å². The van der Waals surface area contributed by atoms with Crippen molar-refractivity contribution in [3.05, 3.63) is 59.7 Å². The van der Waals surface area contributed by atoms with Gasteiger partial charge < -0.3 is 15.1 Å². The number of rotatable bonds is 3. The van der Waals surface area contributed by atoms with Gasteiger partial charge in [-0.15, -0.1) is 0 Å². The first kappa shape index (κ1) is 19.9. The van der Waals surface area contributed by atoms with Gasteiger partial charge in [-0.3, -0.25) is 4.79 Å².